The summed E-state index contributed by atoms with van der Waals surface area (Å²) < 4.78 is 5.36. The molecule has 6 nitrogen and oxygen atoms in total. The highest BCUT2D eigenvalue weighted by Gasteiger charge is 2.10. The number of anilines is 3. The highest BCUT2D eigenvalue weighted by Crippen LogP contribution is 2.28. The number of hydrogen-bond acceptors (Lipinski definition) is 5. The molecule has 27 heavy (non-hydrogen) atoms. The minimum atomic E-state index is -0.308. The number of carbonyl (C=O) groups is 1. The molecule has 1 amide bonds. The van der Waals surface area contributed by atoms with Crippen molar-refractivity contribution in [1.82, 2.24) is 4.98 Å². The van der Waals surface area contributed by atoms with Crippen LogP contribution < -0.4 is 15.4 Å². The summed E-state index contributed by atoms with van der Waals surface area (Å²) in [6, 6.07) is 16.3. The van der Waals surface area contributed by atoms with E-state index in [-0.39, 0.29) is 5.91 Å². The molecule has 0 saturated heterocycles. The molecule has 0 fully saturated rings. The van der Waals surface area contributed by atoms with Crippen LogP contribution in [-0.4, -0.2) is 18.0 Å². The van der Waals surface area contributed by atoms with E-state index in [1.165, 1.54) is 6.20 Å². The van der Waals surface area contributed by atoms with Gasteiger partial charge in [-0.15, -0.1) is 0 Å². The number of aromatic nitrogens is 1. The maximum Gasteiger partial charge on any atom is 0.257 e. The Labute approximate surface area is 157 Å². The topological polar surface area (TPSA) is 87.0 Å². The first kappa shape index (κ1) is 18.0. The van der Waals surface area contributed by atoms with Crippen molar-refractivity contribution in [2.75, 3.05) is 17.7 Å². The molecule has 2 aromatic carbocycles. The van der Waals surface area contributed by atoms with Gasteiger partial charge < -0.3 is 15.4 Å². The van der Waals surface area contributed by atoms with Gasteiger partial charge in [0.2, 0.25) is 0 Å². The molecule has 3 rings (SSSR count). The molecular formula is C21H18N4O2. The van der Waals surface area contributed by atoms with Gasteiger partial charge in [0.15, 0.2) is 0 Å². The summed E-state index contributed by atoms with van der Waals surface area (Å²) >= 11 is 0. The number of rotatable bonds is 5. The Morgan fingerprint density at radius 3 is 2.74 bits per heavy atom. The number of pyridine rings is 1. The van der Waals surface area contributed by atoms with Crippen LogP contribution in [0.5, 0.6) is 5.75 Å². The number of amides is 1. The first-order valence-electron chi connectivity index (χ1n) is 8.27. The van der Waals surface area contributed by atoms with E-state index in [0.29, 0.717) is 28.3 Å². The van der Waals surface area contributed by atoms with Crippen LogP contribution in [-0.2, 0) is 0 Å². The minimum absolute atomic E-state index is 0.308. The lowest BCUT2D eigenvalue weighted by Crippen LogP contribution is -2.12. The Hall–Kier alpha value is -3.85. The Morgan fingerprint density at radius 1 is 1.11 bits per heavy atom. The number of methoxy groups -OCH3 is 1. The van der Waals surface area contributed by atoms with Gasteiger partial charge in [-0.1, -0.05) is 12.1 Å². The predicted molar refractivity (Wildman–Crippen MR) is 104 cm³/mol. The van der Waals surface area contributed by atoms with Gasteiger partial charge in [0.1, 0.15) is 5.75 Å². The molecule has 3 aromatic rings. The van der Waals surface area contributed by atoms with Gasteiger partial charge in [-0.2, -0.15) is 5.26 Å². The maximum absolute atomic E-state index is 12.5. The van der Waals surface area contributed by atoms with Gasteiger partial charge in [-0.25, -0.2) is 0 Å². The lowest BCUT2D eigenvalue weighted by Gasteiger charge is -2.12. The zero-order valence-electron chi connectivity index (χ0n) is 15.0. The van der Waals surface area contributed by atoms with Crippen LogP contribution in [0.1, 0.15) is 21.5 Å². The molecule has 6 heteroatoms. The van der Waals surface area contributed by atoms with E-state index in [1.54, 1.807) is 43.6 Å². The third-order valence-corrected chi connectivity index (χ3v) is 3.88. The molecule has 0 unspecified atom stereocenters. The van der Waals surface area contributed by atoms with Crippen molar-refractivity contribution in [2.24, 2.45) is 0 Å². The summed E-state index contributed by atoms with van der Waals surface area (Å²) in [5, 5.41) is 15.0. The standard InChI is InChI=1S/C21H18N4O2/c1-14-6-7-20(27-2)19(8-14)24-18-10-16(12-23-13-18)21(26)25-17-5-3-4-15(9-17)11-22/h3-10,12-13,24H,1-2H3,(H,25,26). The highest BCUT2D eigenvalue weighted by molar-refractivity contribution is 6.04. The fourth-order valence-corrected chi connectivity index (χ4v) is 2.58. The Morgan fingerprint density at radius 2 is 1.96 bits per heavy atom. The maximum atomic E-state index is 12.5. The third-order valence-electron chi connectivity index (χ3n) is 3.88. The number of nitriles is 1. The second kappa shape index (κ2) is 8.02. The van der Waals surface area contributed by atoms with Crippen molar-refractivity contribution in [3.8, 4) is 11.8 Å². The van der Waals surface area contributed by atoms with Crippen molar-refractivity contribution in [2.45, 2.75) is 6.92 Å². The van der Waals surface area contributed by atoms with Crippen LogP contribution in [0.15, 0.2) is 60.9 Å². The number of hydrogen-bond donors (Lipinski definition) is 2. The highest BCUT2D eigenvalue weighted by atomic mass is 16.5. The van der Waals surface area contributed by atoms with E-state index in [1.807, 2.05) is 31.2 Å². The SMILES string of the molecule is COc1ccc(C)cc1Nc1cncc(C(=O)Nc2cccc(C#N)c2)c1. The zero-order valence-corrected chi connectivity index (χ0v) is 15.0. The van der Waals surface area contributed by atoms with Crippen LogP contribution in [0.2, 0.25) is 0 Å². The number of nitrogens with zero attached hydrogens (tertiary/aromatic N) is 2. The summed E-state index contributed by atoms with van der Waals surface area (Å²) in [7, 11) is 1.60. The Balaban J connectivity index is 1.80. The van der Waals surface area contributed by atoms with E-state index in [0.717, 1.165) is 11.3 Å². The molecule has 0 saturated carbocycles. The fraction of sp³-hybridized carbons (Fsp3) is 0.0952. The third kappa shape index (κ3) is 4.41. The second-order valence-corrected chi connectivity index (χ2v) is 5.94. The molecule has 0 bridgehead atoms. The quantitative estimate of drug-likeness (QED) is 0.711. The number of ether oxygens (including phenoxy) is 1. The Kier molecular flexibility index (Phi) is 5.33. The van der Waals surface area contributed by atoms with Crippen LogP contribution in [0.3, 0.4) is 0 Å². The number of carbonyl (C=O) groups excluding carboxylic acids is 1. The molecule has 1 aromatic heterocycles. The summed E-state index contributed by atoms with van der Waals surface area (Å²) in [4.78, 5) is 16.6. The number of aryl methyl sites for hydroxylation is 1. The zero-order chi connectivity index (χ0) is 19.2. The van der Waals surface area contributed by atoms with Crippen molar-refractivity contribution in [3.63, 3.8) is 0 Å². The van der Waals surface area contributed by atoms with Gasteiger partial charge in [0.25, 0.3) is 5.91 Å². The first-order chi connectivity index (χ1) is 13.1. The second-order valence-electron chi connectivity index (χ2n) is 5.94. The summed E-state index contributed by atoms with van der Waals surface area (Å²) in [5.41, 5.74) is 3.97. The van der Waals surface area contributed by atoms with Crippen molar-refractivity contribution in [3.05, 3.63) is 77.6 Å². The molecule has 0 aliphatic carbocycles. The van der Waals surface area contributed by atoms with E-state index in [4.69, 9.17) is 10.00 Å². The molecule has 0 aliphatic rings. The van der Waals surface area contributed by atoms with Gasteiger partial charge in [0, 0.05) is 11.9 Å². The van der Waals surface area contributed by atoms with E-state index in [9.17, 15) is 4.79 Å². The molecule has 0 spiro atoms. The number of benzene rings is 2. The van der Waals surface area contributed by atoms with Crippen LogP contribution in [0.25, 0.3) is 0 Å². The largest absolute Gasteiger partial charge is 0.495 e. The molecule has 0 aliphatic heterocycles. The van der Waals surface area contributed by atoms with Crippen LogP contribution in [0.4, 0.5) is 17.1 Å². The van der Waals surface area contributed by atoms with E-state index in [2.05, 4.69) is 15.6 Å². The minimum Gasteiger partial charge on any atom is -0.495 e. The average Bonchev–Trinajstić information content (AvgIpc) is 2.68. The van der Waals surface area contributed by atoms with E-state index < -0.39 is 0 Å². The molecular weight excluding hydrogens is 340 g/mol. The Bertz CT molecular complexity index is 1020. The monoisotopic (exact) mass is 358 g/mol. The summed E-state index contributed by atoms with van der Waals surface area (Å²) in [5.74, 6) is 0.390. The predicted octanol–water partition coefficient (Wildman–Crippen LogP) is 4.27. The van der Waals surface area contributed by atoms with Gasteiger partial charge in [-0.05, 0) is 48.9 Å². The molecule has 134 valence electrons. The molecule has 1 heterocycles. The van der Waals surface area contributed by atoms with Crippen LogP contribution in [0, 0.1) is 18.3 Å². The summed E-state index contributed by atoms with van der Waals surface area (Å²) in [6.07, 6.45) is 3.12. The van der Waals surface area contributed by atoms with E-state index >= 15 is 0 Å². The number of nitrogens with one attached hydrogen (secondary N) is 2. The summed E-state index contributed by atoms with van der Waals surface area (Å²) in [6.45, 7) is 1.99. The van der Waals surface area contributed by atoms with Gasteiger partial charge >= 0.3 is 0 Å². The van der Waals surface area contributed by atoms with Gasteiger partial charge in [-0.3, -0.25) is 9.78 Å². The first-order valence-corrected chi connectivity index (χ1v) is 8.27. The van der Waals surface area contributed by atoms with Gasteiger partial charge in [0.05, 0.1) is 41.9 Å². The smallest absolute Gasteiger partial charge is 0.257 e. The van der Waals surface area contributed by atoms with Crippen molar-refractivity contribution in [1.29, 1.82) is 5.26 Å². The molecule has 0 atom stereocenters. The molecule has 2 N–H and O–H groups in total. The van der Waals surface area contributed by atoms with Crippen molar-refractivity contribution < 1.29 is 9.53 Å². The lowest BCUT2D eigenvalue weighted by molar-refractivity contribution is 0.102. The van der Waals surface area contributed by atoms with Crippen LogP contribution >= 0.6 is 0 Å². The van der Waals surface area contributed by atoms with Crippen molar-refractivity contribution >= 4 is 23.0 Å². The normalized spacial score (nSPS) is 9.96. The fourth-order valence-electron chi connectivity index (χ4n) is 2.58. The molecule has 0 radical (unpaired) electrons. The lowest BCUT2D eigenvalue weighted by atomic mass is 10.2. The average molecular weight is 358 g/mol.